The van der Waals surface area contributed by atoms with Crippen molar-refractivity contribution >= 4 is 6.09 Å². The quantitative estimate of drug-likeness (QED) is 0.266. The first kappa shape index (κ1) is 10.0. The van der Waals surface area contributed by atoms with Crippen LogP contribution in [0.15, 0.2) is 5.10 Å². The van der Waals surface area contributed by atoms with Crippen LogP contribution in [0.1, 0.15) is 0 Å². The van der Waals surface area contributed by atoms with Crippen molar-refractivity contribution in [3.05, 3.63) is 20.2 Å². The third-order valence-corrected chi connectivity index (χ3v) is 1.43. The van der Waals surface area contributed by atoms with Crippen molar-refractivity contribution in [1.29, 1.82) is 0 Å². The molecule has 0 aromatic carbocycles. The van der Waals surface area contributed by atoms with E-state index in [0.29, 0.717) is 10.1 Å². The Morgan fingerprint density at radius 2 is 2.00 bits per heavy atom. The van der Waals surface area contributed by atoms with Gasteiger partial charge in [-0.1, -0.05) is 0 Å². The highest BCUT2D eigenvalue weighted by atomic mass is 19.1. The van der Waals surface area contributed by atoms with E-state index < -0.39 is 22.2 Å². The minimum absolute atomic E-state index is 0.343. The minimum atomic E-state index is -2.32. The zero-order chi connectivity index (χ0) is 10.9. The van der Waals surface area contributed by atoms with Crippen LogP contribution in [0.25, 0.3) is 0 Å². The molecule has 0 saturated heterocycles. The molecule has 1 aliphatic rings. The van der Waals surface area contributed by atoms with Crippen LogP contribution in [0.5, 0.6) is 0 Å². The van der Waals surface area contributed by atoms with Crippen molar-refractivity contribution in [3.63, 3.8) is 0 Å². The smallest absolute Gasteiger partial charge is 0.257 e. The Labute approximate surface area is 75.8 Å². The summed E-state index contributed by atoms with van der Waals surface area (Å²) in [4.78, 5) is 18.2. The highest BCUT2D eigenvalue weighted by molar-refractivity contribution is 5.72. The summed E-state index contributed by atoms with van der Waals surface area (Å²) < 4.78 is 12.6. The number of halogens is 1. The first-order valence-corrected chi connectivity index (χ1v) is 3.24. The first-order chi connectivity index (χ1) is 6.45. The van der Waals surface area contributed by atoms with E-state index in [-0.39, 0.29) is 0 Å². The van der Waals surface area contributed by atoms with Gasteiger partial charge in [-0.3, -0.25) is 20.2 Å². The standard InChI is InChI=1S/C3H5FN6O4/c1-7-2(4)5-6-8(7)3(9(11)12)10(13)14/h3,6H,1H3. The molecule has 0 saturated carbocycles. The number of nitrogens with one attached hydrogen (secondary N) is 1. The second-order valence-electron chi connectivity index (χ2n) is 2.27. The Morgan fingerprint density at radius 3 is 2.29 bits per heavy atom. The zero-order valence-corrected chi connectivity index (χ0v) is 6.82. The normalized spacial score (nSPS) is 16.8. The Balaban J connectivity index is 2.83. The number of hydrazone groups is 1. The summed E-state index contributed by atoms with van der Waals surface area (Å²) in [6.07, 6.45) is -3.42. The molecule has 1 N–H and O–H groups in total. The molecule has 0 atom stereocenters. The fourth-order valence-electron chi connectivity index (χ4n) is 0.783. The maximum Gasteiger partial charge on any atom is 0.549 e. The second kappa shape index (κ2) is 3.37. The maximum atomic E-state index is 12.6. The number of hydrazine groups is 2. The van der Waals surface area contributed by atoms with Gasteiger partial charge in [0, 0.05) is 12.2 Å². The SMILES string of the molecule is CN1C(F)=NNN1C([N+](=O)[O-])[N+](=O)[O-]. The Hall–Kier alpha value is -2.04. The third-order valence-electron chi connectivity index (χ3n) is 1.43. The Morgan fingerprint density at radius 1 is 1.50 bits per heavy atom. The molecule has 11 heteroatoms. The van der Waals surface area contributed by atoms with Crippen molar-refractivity contribution in [2.75, 3.05) is 7.05 Å². The van der Waals surface area contributed by atoms with Crippen molar-refractivity contribution in [3.8, 4) is 0 Å². The van der Waals surface area contributed by atoms with Crippen LogP contribution in [-0.4, -0.2) is 39.4 Å². The van der Waals surface area contributed by atoms with E-state index in [1.54, 1.807) is 0 Å². The molecule has 0 amide bonds. The molecule has 0 spiro atoms. The van der Waals surface area contributed by atoms with Crippen molar-refractivity contribution in [1.82, 2.24) is 15.7 Å². The molecule has 0 bridgehead atoms. The van der Waals surface area contributed by atoms with Gasteiger partial charge in [-0.2, -0.15) is 4.39 Å². The Kier molecular flexibility index (Phi) is 2.42. The summed E-state index contributed by atoms with van der Waals surface area (Å²) in [7, 11) is 1.05. The summed E-state index contributed by atoms with van der Waals surface area (Å²) in [5.41, 5.74) is 1.81. The molecule has 1 rings (SSSR count). The van der Waals surface area contributed by atoms with E-state index >= 15 is 0 Å². The van der Waals surface area contributed by atoms with E-state index in [0.717, 1.165) is 7.05 Å². The number of hydrogen-bond acceptors (Lipinski definition) is 8. The number of amidine groups is 1. The highest BCUT2D eigenvalue weighted by Crippen LogP contribution is 2.08. The molecular formula is C3H5FN6O4. The average Bonchev–Trinajstić information content (AvgIpc) is 2.35. The van der Waals surface area contributed by atoms with Gasteiger partial charge < -0.3 is 0 Å². The first-order valence-electron chi connectivity index (χ1n) is 3.24. The van der Waals surface area contributed by atoms with Gasteiger partial charge >= 0.3 is 12.4 Å². The van der Waals surface area contributed by atoms with Gasteiger partial charge in [0.05, 0.1) is 0 Å². The van der Waals surface area contributed by atoms with Crippen molar-refractivity contribution < 1.29 is 14.2 Å². The van der Waals surface area contributed by atoms with Gasteiger partial charge in [-0.25, -0.2) is 10.5 Å². The molecule has 1 aliphatic heterocycles. The lowest BCUT2D eigenvalue weighted by Gasteiger charge is -2.19. The lowest BCUT2D eigenvalue weighted by Crippen LogP contribution is -2.55. The molecule has 0 aliphatic carbocycles. The van der Waals surface area contributed by atoms with E-state index in [1.165, 1.54) is 0 Å². The van der Waals surface area contributed by atoms with Gasteiger partial charge in [0.15, 0.2) is 0 Å². The summed E-state index contributed by atoms with van der Waals surface area (Å²) in [5.74, 6) is 0. The minimum Gasteiger partial charge on any atom is -0.257 e. The van der Waals surface area contributed by atoms with Crippen molar-refractivity contribution in [2.45, 2.75) is 6.29 Å². The molecule has 0 radical (unpaired) electrons. The van der Waals surface area contributed by atoms with Gasteiger partial charge in [0.1, 0.15) is 9.85 Å². The highest BCUT2D eigenvalue weighted by Gasteiger charge is 2.46. The average molecular weight is 208 g/mol. The van der Waals surface area contributed by atoms with Crippen molar-refractivity contribution in [2.24, 2.45) is 5.10 Å². The van der Waals surface area contributed by atoms with Crippen LogP contribution in [0, 0.1) is 20.2 Å². The fraction of sp³-hybridized carbons (Fsp3) is 0.667. The third kappa shape index (κ3) is 1.52. The predicted molar refractivity (Wildman–Crippen MR) is 39.1 cm³/mol. The molecule has 0 aromatic heterocycles. The maximum absolute atomic E-state index is 12.6. The summed E-state index contributed by atoms with van der Waals surface area (Å²) in [6, 6.07) is 0. The summed E-state index contributed by atoms with van der Waals surface area (Å²) in [5, 5.41) is 24.3. The van der Waals surface area contributed by atoms with Crippen LogP contribution < -0.4 is 5.53 Å². The van der Waals surface area contributed by atoms with E-state index in [1.807, 2.05) is 5.53 Å². The predicted octanol–water partition coefficient (Wildman–Crippen LogP) is -1.27. The Bertz CT molecular complexity index is 291. The molecule has 10 nitrogen and oxygen atoms in total. The molecule has 0 fully saturated rings. The number of rotatable bonds is 3. The van der Waals surface area contributed by atoms with Crippen LogP contribution in [-0.2, 0) is 0 Å². The van der Waals surface area contributed by atoms with Gasteiger partial charge in [-0.15, -0.1) is 5.10 Å². The van der Waals surface area contributed by atoms with Crippen LogP contribution in [0.3, 0.4) is 0 Å². The lowest BCUT2D eigenvalue weighted by atomic mass is 10.8. The second-order valence-corrected chi connectivity index (χ2v) is 2.27. The molecule has 1 heterocycles. The largest absolute Gasteiger partial charge is 0.549 e. The van der Waals surface area contributed by atoms with Crippen LogP contribution >= 0.6 is 0 Å². The molecular weight excluding hydrogens is 203 g/mol. The van der Waals surface area contributed by atoms with Gasteiger partial charge in [-0.05, 0) is 0 Å². The number of hydrogen-bond donors (Lipinski definition) is 1. The van der Waals surface area contributed by atoms with Crippen LogP contribution in [0.4, 0.5) is 4.39 Å². The molecule has 0 unspecified atom stereocenters. The topological polar surface area (TPSA) is 117 Å². The van der Waals surface area contributed by atoms with Crippen LogP contribution in [0.2, 0.25) is 0 Å². The summed E-state index contributed by atoms with van der Waals surface area (Å²) in [6.45, 7) is 0. The number of nitro groups is 2. The van der Waals surface area contributed by atoms with Gasteiger partial charge in [0.25, 0.3) is 0 Å². The van der Waals surface area contributed by atoms with E-state index in [4.69, 9.17) is 0 Å². The van der Waals surface area contributed by atoms with Gasteiger partial charge in [0.2, 0.25) is 0 Å². The fourth-order valence-corrected chi connectivity index (χ4v) is 0.783. The lowest BCUT2D eigenvalue weighted by molar-refractivity contribution is -0.778. The monoisotopic (exact) mass is 208 g/mol. The summed E-state index contributed by atoms with van der Waals surface area (Å²) >= 11 is 0. The molecule has 0 aromatic rings. The zero-order valence-electron chi connectivity index (χ0n) is 6.82. The van der Waals surface area contributed by atoms with E-state index in [9.17, 15) is 24.6 Å². The van der Waals surface area contributed by atoms with E-state index in [2.05, 4.69) is 5.10 Å². The molecule has 14 heavy (non-hydrogen) atoms. The number of nitrogens with zero attached hydrogens (tertiary/aromatic N) is 5. The molecule has 78 valence electrons.